The number of hydrogen-bond donors (Lipinski definition) is 0. The van der Waals surface area contributed by atoms with E-state index in [1.807, 2.05) is 12.1 Å². The summed E-state index contributed by atoms with van der Waals surface area (Å²) in [4.78, 5) is 21.3. The highest BCUT2D eigenvalue weighted by Crippen LogP contribution is 2.49. The van der Waals surface area contributed by atoms with E-state index in [9.17, 15) is 0 Å². The first-order valence-electron chi connectivity index (χ1n) is 28.0. The third kappa shape index (κ3) is 9.66. The number of aromatic nitrogens is 3. The number of anilines is 6. The molecule has 0 atom stereocenters. The van der Waals surface area contributed by atoms with Crippen molar-refractivity contribution in [3.63, 3.8) is 0 Å². The molecule has 2 aliphatic rings. The van der Waals surface area contributed by atoms with E-state index < -0.39 is 0 Å². The highest BCUT2D eigenvalue weighted by Gasteiger charge is 2.45. The molecule has 9 aromatic carbocycles. The molecule has 390 valence electrons. The Morgan fingerprint density at radius 1 is 0.278 bits per heavy atom. The maximum Gasteiger partial charge on any atom is 0.252 e. The second-order valence-corrected chi connectivity index (χ2v) is 25.9. The van der Waals surface area contributed by atoms with Crippen LogP contribution in [0.4, 0.5) is 34.1 Å². The number of benzene rings is 9. The summed E-state index contributed by atoms with van der Waals surface area (Å²) in [6.45, 7) is 27.9. The van der Waals surface area contributed by atoms with Gasteiger partial charge in [0, 0.05) is 50.8 Å². The minimum atomic E-state index is -0.134. The fourth-order valence-corrected chi connectivity index (χ4v) is 11.4. The van der Waals surface area contributed by atoms with E-state index in [2.05, 4.69) is 287 Å². The number of fused-ring (bicyclic) bond motifs is 4. The van der Waals surface area contributed by atoms with Gasteiger partial charge in [-0.25, -0.2) is 15.0 Å². The third-order valence-electron chi connectivity index (χ3n) is 16.1. The van der Waals surface area contributed by atoms with Gasteiger partial charge in [-0.2, -0.15) is 0 Å². The molecule has 6 heteroatoms. The molecule has 0 saturated heterocycles. The van der Waals surface area contributed by atoms with Gasteiger partial charge in [0.25, 0.3) is 6.71 Å². The van der Waals surface area contributed by atoms with E-state index in [1.165, 1.54) is 49.8 Å². The lowest BCUT2D eigenvalue weighted by molar-refractivity contribution is 0.568. The summed E-state index contributed by atoms with van der Waals surface area (Å²) in [7, 11) is 0. The number of rotatable bonds is 7. The average Bonchev–Trinajstić information content (AvgIpc) is 3.63. The van der Waals surface area contributed by atoms with Crippen LogP contribution in [0, 0.1) is 0 Å². The average molecular weight is 1030 g/mol. The van der Waals surface area contributed by atoms with E-state index >= 15 is 0 Å². The van der Waals surface area contributed by atoms with Gasteiger partial charge in [0.15, 0.2) is 17.5 Å². The van der Waals surface area contributed by atoms with Gasteiger partial charge in [-0.15, -0.1) is 0 Å². The molecule has 0 bridgehead atoms. The van der Waals surface area contributed by atoms with Gasteiger partial charge in [-0.3, -0.25) is 0 Å². The lowest BCUT2D eigenvalue weighted by Crippen LogP contribution is -2.61. The Morgan fingerprint density at radius 3 is 0.886 bits per heavy atom. The Morgan fingerprint density at radius 2 is 0.570 bits per heavy atom. The Hall–Kier alpha value is -8.35. The maximum atomic E-state index is 5.48. The van der Waals surface area contributed by atoms with Gasteiger partial charge in [0.05, 0.1) is 0 Å². The van der Waals surface area contributed by atoms with Gasteiger partial charge < -0.3 is 9.80 Å². The summed E-state index contributed by atoms with van der Waals surface area (Å²) in [6, 6.07) is 76.1. The second kappa shape index (κ2) is 19.2. The fraction of sp³-hybridized carbons (Fsp3) is 0.219. The highest BCUT2D eigenvalue weighted by molar-refractivity contribution is 7.00. The largest absolute Gasteiger partial charge is 0.311 e. The first kappa shape index (κ1) is 51.4. The summed E-state index contributed by atoms with van der Waals surface area (Å²) in [5.41, 5.74) is 22.5. The van der Waals surface area contributed by atoms with Gasteiger partial charge in [0.2, 0.25) is 0 Å². The van der Waals surface area contributed by atoms with Crippen LogP contribution in [0.15, 0.2) is 206 Å². The van der Waals surface area contributed by atoms with Crippen LogP contribution >= 0.6 is 0 Å². The molecule has 79 heavy (non-hydrogen) atoms. The quantitative estimate of drug-likeness (QED) is 0.149. The van der Waals surface area contributed by atoms with E-state index in [-0.39, 0.29) is 28.4 Å². The van der Waals surface area contributed by atoms with Crippen LogP contribution in [-0.2, 0) is 21.7 Å². The molecule has 0 saturated carbocycles. The first-order chi connectivity index (χ1) is 37.7. The number of hydrogen-bond acceptors (Lipinski definition) is 5. The van der Waals surface area contributed by atoms with Crippen molar-refractivity contribution < 1.29 is 0 Å². The van der Waals surface area contributed by atoms with Crippen molar-refractivity contribution >= 4 is 57.2 Å². The van der Waals surface area contributed by atoms with Gasteiger partial charge in [-0.05, 0) is 131 Å². The van der Waals surface area contributed by atoms with Crippen LogP contribution in [0.3, 0.4) is 0 Å². The Labute approximate surface area is 469 Å². The fourth-order valence-electron chi connectivity index (χ4n) is 11.4. The van der Waals surface area contributed by atoms with Crippen molar-refractivity contribution in [1.29, 1.82) is 0 Å². The van der Waals surface area contributed by atoms with E-state index in [0.717, 1.165) is 61.9 Å². The molecule has 2 aliphatic heterocycles. The van der Waals surface area contributed by atoms with Crippen molar-refractivity contribution in [3.05, 3.63) is 229 Å². The molecule has 0 amide bonds. The third-order valence-corrected chi connectivity index (χ3v) is 16.1. The molecule has 5 nitrogen and oxygen atoms in total. The molecule has 0 spiro atoms. The molecule has 1 aromatic heterocycles. The Balaban J connectivity index is 1.26. The molecule has 0 fully saturated rings. The van der Waals surface area contributed by atoms with Crippen molar-refractivity contribution in [2.45, 2.75) is 105 Å². The lowest BCUT2D eigenvalue weighted by Gasteiger charge is -2.45. The zero-order chi connectivity index (χ0) is 55.2. The predicted octanol–water partition coefficient (Wildman–Crippen LogP) is 17.5. The Kier molecular flexibility index (Phi) is 12.5. The normalized spacial score (nSPS) is 13.2. The molecule has 0 N–H and O–H groups in total. The zero-order valence-electron chi connectivity index (χ0n) is 47.9. The topological polar surface area (TPSA) is 45.2 Å². The van der Waals surface area contributed by atoms with Crippen molar-refractivity contribution in [2.75, 3.05) is 9.80 Å². The second-order valence-electron chi connectivity index (χ2n) is 25.9. The lowest BCUT2D eigenvalue weighted by atomic mass is 9.33. The van der Waals surface area contributed by atoms with Crippen LogP contribution < -0.4 is 26.2 Å². The van der Waals surface area contributed by atoms with E-state index in [0.29, 0.717) is 17.5 Å². The maximum absolute atomic E-state index is 5.48. The van der Waals surface area contributed by atoms with Crippen molar-refractivity contribution in [1.82, 2.24) is 15.0 Å². The summed E-state index contributed by atoms with van der Waals surface area (Å²) in [5, 5.41) is 0. The van der Waals surface area contributed by atoms with Crippen molar-refractivity contribution in [3.8, 4) is 56.4 Å². The highest BCUT2D eigenvalue weighted by atomic mass is 15.2. The van der Waals surface area contributed by atoms with Gasteiger partial charge in [-0.1, -0.05) is 241 Å². The summed E-state index contributed by atoms with van der Waals surface area (Å²) < 4.78 is 0. The van der Waals surface area contributed by atoms with Crippen LogP contribution in [-0.4, -0.2) is 21.7 Å². The Bertz CT molecular complexity index is 3620. The summed E-state index contributed by atoms with van der Waals surface area (Å²) >= 11 is 0. The van der Waals surface area contributed by atoms with Gasteiger partial charge >= 0.3 is 0 Å². The monoisotopic (exact) mass is 1030 g/mol. The molecule has 0 aliphatic carbocycles. The molecule has 3 heterocycles. The van der Waals surface area contributed by atoms with Crippen LogP contribution in [0.1, 0.15) is 105 Å². The minimum absolute atomic E-state index is 0.133. The standard InChI is InChI=1S/C73H70BN5/c1-70(2,3)54-41-55(71(4,5)6)44-58(43-54)78-62-37-51(47-25-17-13-18-26-47)33-35-60(62)74-61-36-34-52(48-27-19-14-20-28-48)38-63(61)79(59-45-56(72(7,8)9)42-57(46-59)73(10,11)12)65-40-53(39-64(78)66(65)74)69-76-67(49-29-21-15-22-30-49)75-68(77-69)50-31-23-16-24-32-50/h13-46H,1-12H3. The van der Waals surface area contributed by atoms with E-state index in [1.54, 1.807) is 0 Å². The SMILES string of the molecule is CC(C)(C)c1cc(N2c3cc(-c4ccccc4)ccc3B3c4ccc(-c5ccccc5)cc4N(c4cc(C(C)(C)C)cc(C(C)(C)C)c4)c4cc(-c5nc(-c6ccccc6)nc(-c6ccccc6)n5)cc2c43)cc(C(C)(C)C)c1. The van der Waals surface area contributed by atoms with Crippen LogP contribution in [0.5, 0.6) is 0 Å². The van der Waals surface area contributed by atoms with Crippen LogP contribution in [0.2, 0.25) is 0 Å². The summed E-state index contributed by atoms with van der Waals surface area (Å²) in [5.74, 6) is 1.85. The summed E-state index contributed by atoms with van der Waals surface area (Å²) in [6.07, 6.45) is 0. The smallest absolute Gasteiger partial charge is 0.252 e. The van der Waals surface area contributed by atoms with Crippen LogP contribution in [0.25, 0.3) is 56.4 Å². The molecule has 0 unspecified atom stereocenters. The van der Waals surface area contributed by atoms with Crippen molar-refractivity contribution in [2.24, 2.45) is 0 Å². The minimum Gasteiger partial charge on any atom is -0.311 e. The molecular weight excluding hydrogens is 958 g/mol. The zero-order valence-corrected chi connectivity index (χ0v) is 47.9. The van der Waals surface area contributed by atoms with E-state index in [4.69, 9.17) is 15.0 Å². The number of nitrogens with zero attached hydrogens (tertiary/aromatic N) is 5. The molecule has 12 rings (SSSR count). The molecule has 10 aromatic rings. The molecule has 0 radical (unpaired) electrons. The van der Waals surface area contributed by atoms with Gasteiger partial charge in [0.1, 0.15) is 0 Å². The molecular formula is C73H70BN5. The predicted molar refractivity (Wildman–Crippen MR) is 336 cm³/mol. The first-order valence-corrected chi connectivity index (χ1v) is 28.0.